The summed E-state index contributed by atoms with van der Waals surface area (Å²) in [4.78, 5) is 29.4. The minimum atomic E-state index is -0.327. The van der Waals surface area contributed by atoms with Gasteiger partial charge >= 0.3 is 0 Å². The van der Waals surface area contributed by atoms with Crippen LogP contribution in [0, 0.1) is 6.92 Å². The molecule has 4 aromatic rings. The van der Waals surface area contributed by atoms with Crippen molar-refractivity contribution < 1.29 is 9.90 Å². The Morgan fingerprint density at radius 3 is 2.63 bits per heavy atom. The summed E-state index contributed by atoms with van der Waals surface area (Å²) in [5, 5.41) is 22.6. The van der Waals surface area contributed by atoms with Gasteiger partial charge in [0.05, 0.1) is 16.6 Å². The van der Waals surface area contributed by atoms with E-state index in [1.807, 2.05) is 39.2 Å². The average Bonchev–Trinajstić information content (AvgIpc) is 3.20. The van der Waals surface area contributed by atoms with Gasteiger partial charge in [-0.3, -0.25) is 9.48 Å². The first kappa shape index (κ1) is 23.0. The number of pyridine rings is 1. The minimum absolute atomic E-state index is 0.0470. The van der Waals surface area contributed by atoms with Crippen molar-refractivity contribution in [3.8, 4) is 17.1 Å². The number of nitrogens with zero attached hydrogens (tertiary/aromatic N) is 6. The Morgan fingerprint density at radius 1 is 1.17 bits per heavy atom. The van der Waals surface area contributed by atoms with Gasteiger partial charge < -0.3 is 20.6 Å². The van der Waals surface area contributed by atoms with E-state index >= 15 is 0 Å². The van der Waals surface area contributed by atoms with Crippen LogP contribution in [0.4, 0.5) is 5.82 Å². The Morgan fingerprint density at radius 2 is 1.91 bits per heavy atom. The van der Waals surface area contributed by atoms with Gasteiger partial charge in [0.2, 0.25) is 0 Å². The molecule has 1 saturated heterocycles. The number of anilines is 1. The van der Waals surface area contributed by atoms with Crippen LogP contribution >= 0.6 is 0 Å². The van der Waals surface area contributed by atoms with Gasteiger partial charge in [0.1, 0.15) is 17.1 Å². The first-order valence-electron chi connectivity index (χ1n) is 11.9. The fraction of sp³-hybridized carbons (Fsp3) is 0.400. The second-order valence-electron chi connectivity index (χ2n) is 9.30. The molecule has 1 aliphatic rings. The molecule has 1 aliphatic heterocycles. The Labute approximate surface area is 203 Å². The van der Waals surface area contributed by atoms with Gasteiger partial charge in [0.25, 0.3) is 5.91 Å². The third-order valence-electron chi connectivity index (χ3n) is 6.32. The zero-order valence-corrected chi connectivity index (χ0v) is 20.6. The number of amides is 1. The number of carbonyl (C=O) groups is 1. The molecule has 1 aromatic carbocycles. The molecule has 35 heavy (non-hydrogen) atoms. The number of aromatic nitrogens is 5. The summed E-state index contributed by atoms with van der Waals surface area (Å²) in [5.41, 5.74) is 2.97. The highest BCUT2D eigenvalue weighted by Gasteiger charge is 2.25. The average molecular weight is 475 g/mol. The van der Waals surface area contributed by atoms with Crippen molar-refractivity contribution in [3.05, 3.63) is 35.7 Å². The number of hydrogen-bond acceptors (Lipinski definition) is 8. The van der Waals surface area contributed by atoms with Crippen molar-refractivity contribution in [3.63, 3.8) is 0 Å². The zero-order chi connectivity index (χ0) is 24.9. The van der Waals surface area contributed by atoms with Crippen molar-refractivity contribution in [2.24, 2.45) is 7.05 Å². The third-order valence-corrected chi connectivity index (χ3v) is 6.32. The normalized spacial score (nSPS) is 18.4. The molecule has 4 heterocycles. The molecule has 10 heteroatoms. The van der Waals surface area contributed by atoms with E-state index in [1.54, 1.807) is 10.7 Å². The van der Waals surface area contributed by atoms with E-state index in [-0.39, 0.29) is 23.2 Å². The van der Waals surface area contributed by atoms with Crippen LogP contribution in [0.2, 0.25) is 0 Å². The van der Waals surface area contributed by atoms with Gasteiger partial charge in [-0.25, -0.2) is 15.0 Å². The largest absolute Gasteiger partial charge is 0.507 e. The van der Waals surface area contributed by atoms with Gasteiger partial charge in [-0.05, 0) is 45.9 Å². The van der Waals surface area contributed by atoms with Crippen LogP contribution < -0.4 is 15.5 Å². The van der Waals surface area contributed by atoms with E-state index in [9.17, 15) is 9.90 Å². The molecule has 0 radical (unpaired) electrons. The second-order valence-corrected chi connectivity index (χ2v) is 9.30. The molecular formula is C25H30N8O2. The molecule has 5 rings (SSSR count). The molecule has 1 amide bonds. The number of benzene rings is 1. The van der Waals surface area contributed by atoms with E-state index in [0.717, 1.165) is 24.3 Å². The number of phenolic OH excluding ortho intramolecular Hbond substituents is 1. The van der Waals surface area contributed by atoms with Crippen LogP contribution in [-0.2, 0) is 7.05 Å². The van der Waals surface area contributed by atoms with Gasteiger partial charge in [-0.15, -0.1) is 0 Å². The standard InChI is InChI=1S/C25H30N8O2/c1-6-26-25(35)22-21-18(7-8-19(29-21)33-10-13(2)27-14(3)11-33)28-24(30-22)17-9-16-12-32(5)31-20(16)15(4)23(17)34/h7-9,12-14,27,34H,6,10-11H2,1-5H3,(H,26,35)/t13-,14+. The minimum Gasteiger partial charge on any atom is -0.507 e. The van der Waals surface area contributed by atoms with E-state index in [4.69, 9.17) is 9.97 Å². The zero-order valence-electron chi connectivity index (χ0n) is 20.6. The third kappa shape index (κ3) is 4.14. The highest BCUT2D eigenvalue weighted by Crippen LogP contribution is 2.36. The number of carbonyl (C=O) groups excluding carboxylic acids is 1. The number of phenols is 1. The van der Waals surface area contributed by atoms with Crippen LogP contribution in [0.25, 0.3) is 33.3 Å². The first-order valence-corrected chi connectivity index (χ1v) is 11.9. The lowest BCUT2D eigenvalue weighted by Crippen LogP contribution is -2.54. The number of rotatable bonds is 4. The molecule has 0 saturated carbocycles. The molecule has 3 N–H and O–H groups in total. The Kier molecular flexibility index (Phi) is 5.76. The molecule has 1 fully saturated rings. The Balaban J connectivity index is 1.68. The van der Waals surface area contributed by atoms with Crippen LogP contribution in [0.15, 0.2) is 24.4 Å². The fourth-order valence-corrected chi connectivity index (χ4v) is 4.83. The second kappa shape index (κ2) is 8.77. The van der Waals surface area contributed by atoms with E-state index < -0.39 is 0 Å². The van der Waals surface area contributed by atoms with Gasteiger partial charge in [0, 0.05) is 55.9 Å². The smallest absolute Gasteiger partial charge is 0.272 e. The van der Waals surface area contributed by atoms with Crippen LogP contribution in [0.1, 0.15) is 36.8 Å². The lowest BCUT2D eigenvalue weighted by molar-refractivity contribution is 0.0952. The quantitative estimate of drug-likeness (QED) is 0.413. The molecule has 3 aromatic heterocycles. The van der Waals surface area contributed by atoms with Crippen molar-refractivity contribution >= 4 is 33.7 Å². The maximum atomic E-state index is 13.1. The van der Waals surface area contributed by atoms with Crippen molar-refractivity contribution in [2.45, 2.75) is 39.8 Å². The lowest BCUT2D eigenvalue weighted by Gasteiger charge is -2.37. The summed E-state index contributed by atoms with van der Waals surface area (Å²) >= 11 is 0. The summed E-state index contributed by atoms with van der Waals surface area (Å²) in [6.45, 7) is 10.0. The fourth-order valence-electron chi connectivity index (χ4n) is 4.83. The monoisotopic (exact) mass is 474 g/mol. The van der Waals surface area contributed by atoms with E-state index in [1.165, 1.54) is 0 Å². The summed E-state index contributed by atoms with van der Waals surface area (Å²) in [5.74, 6) is 0.774. The number of hydrogen-bond donors (Lipinski definition) is 3. The molecule has 0 aliphatic carbocycles. The number of nitrogens with one attached hydrogen (secondary N) is 2. The summed E-state index contributed by atoms with van der Waals surface area (Å²) in [7, 11) is 1.83. The Hall–Kier alpha value is -3.79. The van der Waals surface area contributed by atoms with Crippen LogP contribution in [0.5, 0.6) is 5.75 Å². The molecule has 2 atom stereocenters. The summed E-state index contributed by atoms with van der Waals surface area (Å²) < 4.78 is 1.70. The topological polar surface area (TPSA) is 121 Å². The maximum Gasteiger partial charge on any atom is 0.272 e. The van der Waals surface area contributed by atoms with Gasteiger partial charge in [-0.1, -0.05) is 0 Å². The van der Waals surface area contributed by atoms with Gasteiger partial charge in [-0.2, -0.15) is 5.10 Å². The lowest BCUT2D eigenvalue weighted by atomic mass is 10.0. The molecule has 0 spiro atoms. The molecule has 0 bridgehead atoms. The predicted molar refractivity (Wildman–Crippen MR) is 136 cm³/mol. The summed E-state index contributed by atoms with van der Waals surface area (Å²) in [6, 6.07) is 6.26. The predicted octanol–water partition coefficient (Wildman–Crippen LogP) is 2.53. The SMILES string of the molecule is CCNC(=O)c1nc(-c2cc3cn(C)nc3c(C)c2O)nc2ccc(N3C[C@@H](C)N[C@@H](C)C3)nc12. The van der Waals surface area contributed by atoms with Crippen molar-refractivity contribution in [1.29, 1.82) is 0 Å². The molecule has 10 nitrogen and oxygen atoms in total. The van der Waals surface area contributed by atoms with Crippen molar-refractivity contribution in [2.75, 3.05) is 24.5 Å². The van der Waals surface area contributed by atoms with Crippen LogP contribution in [0.3, 0.4) is 0 Å². The van der Waals surface area contributed by atoms with Crippen molar-refractivity contribution in [1.82, 2.24) is 35.4 Å². The van der Waals surface area contributed by atoms with E-state index in [2.05, 4.69) is 39.5 Å². The van der Waals surface area contributed by atoms with Crippen LogP contribution in [-0.4, -0.2) is 67.5 Å². The maximum absolute atomic E-state index is 13.1. The summed E-state index contributed by atoms with van der Waals surface area (Å²) in [6.07, 6.45) is 1.88. The molecule has 0 unspecified atom stereocenters. The molecular weight excluding hydrogens is 444 g/mol. The Bertz CT molecular complexity index is 1440. The first-order chi connectivity index (χ1) is 16.7. The highest BCUT2D eigenvalue weighted by molar-refractivity contribution is 6.04. The highest BCUT2D eigenvalue weighted by atomic mass is 16.3. The number of fused-ring (bicyclic) bond motifs is 2. The van der Waals surface area contributed by atoms with E-state index in [0.29, 0.717) is 46.3 Å². The number of aromatic hydroxyl groups is 1. The van der Waals surface area contributed by atoms with Gasteiger partial charge in [0.15, 0.2) is 11.5 Å². The molecule has 182 valence electrons. The number of piperazine rings is 1. The number of aryl methyl sites for hydroxylation is 2.